The maximum Gasteiger partial charge on any atom is 0.196 e. The standard InChI is InChI=1S/C17H28N4OS/c1-4-5-8-19-17(18-2)20-15-13-14(23-3)6-7-16(15)21-9-11-22-12-10-21/h6-7,13H,4-5,8-12H2,1-3H3,(H2,18,19,20). The van der Waals surface area contributed by atoms with Crippen LogP contribution in [0.5, 0.6) is 0 Å². The number of rotatable bonds is 6. The van der Waals surface area contributed by atoms with Crippen molar-refractivity contribution in [1.82, 2.24) is 10.6 Å². The summed E-state index contributed by atoms with van der Waals surface area (Å²) in [5.74, 6) is 0.825. The zero-order valence-corrected chi connectivity index (χ0v) is 15.2. The fourth-order valence-corrected chi connectivity index (χ4v) is 2.91. The molecule has 0 atom stereocenters. The summed E-state index contributed by atoms with van der Waals surface area (Å²) < 4.78 is 5.47. The molecular weight excluding hydrogens is 308 g/mol. The van der Waals surface area contributed by atoms with E-state index in [1.807, 2.05) is 7.05 Å². The number of guanidine groups is 1. The molecule has 5 nitrogen and oxygen atoms in total. The molecule has 0 radical (unpaired) electrons. The van der Waals surface area contributed by atoms with E-state index in [4.69, 9.17) is 9.73 Å². The number of hydrogen-bond acceptors (Lipinski definition) is 4. The SMILES string of the molecule is CCCCN/C(=N\c1cc(SC)ccc1N1CCOCC1)NC. The number of ether oxygens (including phenoxy) is 1. The van der Waals surface area contributed by atoms with Gasteiger partial charge in [-0.25, -0.2) is 4.99 Å². The lowest BCUT2D eigenvalue weighted by Crippen LogP contribution is -2.37. The lowest BCUT2D eigenvalue weighted by Gasteiger charge is -2.30. The van der Waals surface area contributed by atoms with Crippen molar-refractivity contribution in [2.45, 2.75) is 24.7 Å². The van der Waals surface area contributed by atoms with E-state index in [2.05, 4.69) is 46.9 Å². The van der Waals surface area contributed by atoms with Crippen LogP contribution in [0.4, 0.5) is 11.4 Å². The highest BCUT2D eigenvalue weighted by Gasteiger charge is 2.15. The smallest absolute Gasteiger partial charge is 0.196 e. The van der Waals surface area contributed by atoms with Crippen LogP contribution in [-0.4, -0.2) is 52.1 Å². The summed E-state index contributed by atoms with van der Waals surface area (Å²) in [4.78, 5) is 8.41. The highest BCUT2D eigenvalue weighted by atomic mass is 32.2. The number of benzene rings is 1. The van der Waals surface area contributed by atoms with E-state index in [-0.39, 0.29) is 0 Å². The first-order valence-corrected chi connectivity index (χ1v) is 9.52. The maximum absolute atomic E-state index is 5.47. The molecule has 1 aromatic rings. The first-order valence-electron chi connectivity index (χ1n) is 8.29. The normalized spacial score (nSPS) is 15.6. The second-order valence-electron chi connectivity index (χ2n) is 5.44. The van der Waals surface area contributed by atoms with E-state index in [0.29, 0.717) is 0 Å². The maximum atomic E-state index is 5.47. The monoisotopic (exact) mass is 336 g/mol. The van der Waals surface area contributed by atoms with Gasteiger partial charge in [0.1, 0.15) is 0 Å². The fourth-order valence-electron chi connectivity index (χ4n) is 2.48. The number of morpholine rings is 1. The molecule has 1 aliphatic rings. The molecule has 1 saturated heterocycles. The number of aliphatic imine (C=N–C) groups is 1. The van der Waals surface area contributed by atoms with Crippen LogP contribution in [0.2, 0.25) is 0 Å². The Labute approximate surface area is 143 Å². The Balaban J connectivity index is 2.25. The Bertz CT molecular complexity index is 515. The Hall–Kier alpha value is -1.40. The largest absolute Gasteiger partial charge is 0.378 e. The van der Waals surface area contributed by atoms with Crippen molar-refractivity contribution in [3.63, 3.8) is 0 Å². The first-order chi connectivity index (χ1) is 11.3. The molecule has 0 spiro atoms. The second-order valence-corrected chi connectivity index (χ2v) is 6.32. The molecule has 1 fully saturated rings. The van der Waals surface area contributed by atoms with Gasteiger partial charge in [0.15, 0.2) is 5.96 Å². The van der Waals surface area contributed by atoms with Crippen LogP contribution in [0.15, 0.2) is 28.1 Å². The summed E-state index contributed by atoms with van der Waals surface area (Å²) in [5, 5.41) is 6.54. The Morgan fingerprint density at radius 1 is 1.35 bits per heavy atom. The Kier molecular flexibility index (Phi) is 7.55. The van der Waals surface area contributed by atoms with Crippen molar-refractivity contribution in [2.24, 2.45) is 4.99 Å². The molecule has 0 unspecified atom stereocenters. The van der Waals surface area contributed by atoms with Gasteiger partial charge < -0.3 is 20.3 Å². The van der Waals surface area contributed by atoms with Gasteiger partial charge >= 0.3 is 0 Å². The number of hydrogen-bond donors (Lipinski definition) is 2. The lowest BCUT2D eigenvalue weighted by atomic mass is 10.2. The van der Waals surface area contributed by atoms with Gasteiger partial charge in [-0.1, -0.05) is 13.3 Å². The minimum atomic E-state index is 0.779. The molecule has 0 amide bonds. The molecule has 1 aliphatic heterocycles. The third-order valence-electron chi connectivity index (χ3n) is 3.83. The van der Waals surface area contributed by atoms with Crippen LogP contribution >= 0.6 is 11.8 Å². The minimum Gasteiger partial charge on any atom is -0.378 e. The van der Waals surface area contributed by atoms with Crippen molar-refractivity contribution < 1.29 is 4.74 Å². The Morgan fingerprint density at radius 2 is 2.13 bits per heavy atom. The molecule has 0 bridgehead atoms. The third-order valence-corrected chi connectivity index (χ3v) is 4.55. The highest BCUT2D eigenvalue weighted by Crippen LogP contribution is 2.33. The molecule has 0 aromatic heterocycles. The summed E-state index contributed by atoms with van der Waals surface area (Å²) in [5.41, 5.74) is 2.18. The third kappa shape index (κ3) is 5.32. The molecule has 2 N–H and O–H groups in total. The van der Waals surface area contributed by atoms with Gasteiger partial charge in [0.2, 0.25) is 0 Å². The zero-order chi connectivity index (χ0) is 16.5. The van der Waals surface area contributed by atoms with Crippen LogP contribution in [0.25, 0.3) is 0 Å². The van der Waals surface area contributed by atoms with Gasteiger partial charge in [-0.15, -0.1) is 11.8 Å². The number of nitrogens with zero attached hydrogens (tertiary/aromatic N) is 2. The van der Waals surface area contributed by atoms with Gasteiger partial charge in [0.05, 0.1) is 24.6 Å². The van der Waals surface area contributed by atoms with Crippen LogP contribution in [-0.2, 0) is 4.74 Å². The number of thioether (sulfide) groups is 1. The predicted octanol–water partition coefficient (Wildman–Crippen LogP) is 2.84. The molecule has 1 heterocycles. The van der Waals surface area contributed by atoms with Gasteiger partial charge in [-0.3, -0.25) is 0 Å². The average Bonchev–Trinajstić information content (AvgIpc) is 2.61. The van der Waals surface area contributed by atoms with Crippen molar-refractivity contribution in [3.05, 3.63) is 18.2 Å². The number of anilines is 1. The van der Waals surface area contributed by atoms with Crippen LogP contribution in [0.1, 0.15) is 19.8 Å². The highest BCUT2D eigenvalue weighted by molar-refractivity contribution is 7.98. The second kappa shape index (κ2) is 9.67. The molecule has 23 heavy (non-hydrogen) atoms. The van der Waals surface area contributed by atoms with Gasteiger partial charge in [-0.2, -0.15) is 0 Å². The van der Waals surface area contributed by atoms with E-state index in [0.717, 1.165) is 50.9 Å². The molecular formula is C17H28N4OS. The van der Waals surface area contributed by atoms with E-state index >= 15 is 0 Å². The molecule has 6 heteroatoms. The molecule has 0 aliphatic carbocycles. The fraction of sp³-hybridized carbons (Fsp3) is 0.588. The van der Waals surface area contributed by atoms with E-state index in [1.165, 1.54) is 17.0 Å². The summed E-state index contributed by atoms with van der Waals surface area (Å²) in [6.07, 6.45) is 4.41. The van der Waals surface area contributed by atoms with Crippen LogP contribution < -0.4 is 15.5 Å². The van der Waals surface area contributed by atoms with Crippen molar-refractivity contribution in [2.75, 3.05) is 51.1 Å². The molecule has 128 valence electrons. The molecule has 1 aromatic carbocycles. The number of nitrogens with one attached hydrogen (secondary N) is 2. The summed E-state index contributed by atoms with van der Waals surface area (Å²) in [7, 11) is 1.91. The van der Waals surface area contributed by atoms with Gasteiger partial charge in [-0.05, 0) is 30.9 Å². The van der Waals surface area contributed by atoms with Crippen molar-refractivity contribution in [3.8, 4) is 0 Å². The summed E-state index contributed by atoms with van der Waals surface area (Å²) in [6.45, 7) is 6.52. The van der Waals surface area contributed by atoms with Gasteiger partial charge in [0, 0.05) is 31.6 Å². The zero-order valence-electron chi connectivity index (χ0n) is 14.4. The summed E-state index contributed by atoms with van der Waals surface area (Å²) >= 11 is 1.74. The summed E-state index contributed by atoms with van der Waals surface area (Å²) in [6, 6.07) is 6.50. The van der Waals surface area contributed by atoms with Crippen LogP contribution in [0, 0.1) is 0 Å². The lowest BCUT2D eigenvalue weighted by molar-refractivity contribution is 0.123. The van der Waals surface area contributed by atoms with Crippen molar-refractivity contribution in [1.29, 1.82) is 0 Å². The quantitative estimate of drug-likeness (QED) is 0.362. The van der Waals surface area contributed by atoms with E-state index in [1.54, 1.807) is 11.8 Å². The minimum absolute atomic E-state index is 0.779. The van der Waals surface area contributed by atoms with Crippen molar-refractivity contribution >= 4 is 29.1 Å². The molecule has 2 rings (SSSR count). The van der Waals surface area contributed by atoms with Crippen LogP contribution in [0.3, 0.4) is 0 Å². The average molecular weight is 337 g/mol. The van der Waals surface area contributed by atoms with E-state index < -0.39 is 0 Å². The number of unbranched alkanes of at least 4 members (excludes halogenated alkanes) is 1. The first kappa shape index (κ1) is 17.9. The topological polar surface area (TPSA) is 48.9 Å². The Morgan fingerprint density at radius 3 is 2.78 bits per heavy atom. The van der Waals surface area contributed by atoms with E-state index in [9.17, 15) is 0 Å². The predicted molar refractivity (Wildman–Crippen MR) is 100 cm³/mol. The van der Waals surface area contributed by atoms with Gasteiger partial charge in [0.25, 0.3) is 0 Å². The molecule has 0 saturated carbocycles.